The van der Waals surface area contributed by atoms with Gasteiger partial charge in [-0.2, -0.15) is 0 Å². The van der Waals surface area contributed by atoms with Gasteiger partial charge in [-0.25, -0.2) is 4.68 Å². The summed E-state index contributed by atoms with van der Waals surface area (Å²) in [4.78, 5) is 12.1. The summed E-state index contributed by atoms with van der Waals surface area (Å²) in [6, 6.07) is 5.91. The molecule has 1 aromatic heterocycles. The SMILES string of the molecule is Cc1ccc(NC(=O)CSc2nnnn2C2CCCC2)c(Cl)c1. The molecule has 0 aliphatic heterocycles. The number of benzene rings is 1. The molecule has 3 rings (SSSR count). The summed E-state index contributed by atoms with van der Waals surface area (Å²) in [7, 11) is 0. The number of tetrazole rings is 1. The molecule has 8 heteroatoms. The van der Waals surface area contributed by atoms with Crippen molar-refractivity contribution < 1.29 is 4.79 Å². The van der Waals surface area contributed by atoms with Crippen molar-refractivity contribution in [3.05, 3.63) is 28.8 Å². The van der Waals surface area contributed by atoms with Gasteiger partial charge in [0.25, 0.3) is 0 Å². The van der Waals surface area contributed by atoms with E-state index >= 15 is 0 Å². The summed E-state index contributed by atoms with van der Waals surface area (Å²) in [5.41, 5.74) is 1.68. The van der Waals surface area contributed by atoms with E-state index in [1.54, 1.807) is 0 Å². The molecule has 1 aliphatic carbocycles. The summed E-state index contributed by atoms with van der Waals surface area (Å²) >= 11 is 7.48. The number of nitrogens with zero attached hydrogens (tertiary/aromatic N) is 4. The van der Waals surface area contributed by atoms with Crippen LogP contribution >= 0.6 is 23.4 Å². The van der Waals surface area contributed by atoms with E-state index in [1.165, 1.54) is 24.6 Å². The van der Waals surface area contributed by atoms with E-state index in [4.69, 9.17) is 11.6 Å². The lowest BCUT2D eigenvalue weighted by Gasteiger charge is -2.11. The Morgan fingerprint density at radius 2 is 2.22 bits per heavy atom. The first kappa shape index (κ1) is 16.3. The van der Waals surface area contributed by atoms with Crippen LogP contribution in [0.1, 0.15) is 37.3 Å². The molecule has 0 spiro atoms. The summed E-state index contributed by atoms with van der Waals surface area (Å²) < 4.78 is 1.85. The summed E-state index contributed by atoms with van der Waals surface area (Å²) in [6.45, 7) is 1.95. The molecule has 1 N–H and O–H groups in total. The van der Waals surface area contributed by atoms with Gasteiger partial charge in [0.05, 0.1) is 22.5 Å². The predicted octanol–water partition coefficient (Wildman–Crippen LogP) is 3.48. The molecular weight excluding hydrogens is 334 g/mol. The van der Waals surface area contributed by atoms with Crippen molar-refractivity contribution in [2.24, 2.45) is 0 Å². The Morgan fingerprint density at radius 1 is 1.43 bits per heavy atom. The fraction of sp³-hybridized carbons (Fsp3) is 0.467. The molecule has 1 amide bonds. The molecule has 1 heterocycles. The highest BCUT2D eigenvalue weighted by Crippen LogP contribution is 2.31. The number of hydrogen-bond donors (Lipinski definition) is 1. The quantitative estimate of drug-likeness (QED) is 0.835. The molecule has 0 saturated heterocycles. The van der Waals surface area contributed by atoms with E-state index in [1.807, 2.05) is 29.8 Å². The van der Waals surface area contributed by atoms with Crippen molar-refractivity contribution in [3.8, 4) is 0 Å². The highest BCUT2D eigenvalue weighted by Gasteiger charge is 2.22. The molecule has 0 bridgehead atoms. The second-order valence-corrected chi connectivity index (χ2v) is 7.01. The molecule has 122 valence electrons. The number of nitrogens with one attached hydrogen (secondary N) is 1. The van der Waals surface area contributed by atoms with Gasteiger partial charge < -0.3 is 5.32 Å². The number of rotatable bonds is 5. The highest BCUT2D eigenvalue weighted by molar-refractivity contribution is 7.99. The Labute approximate surface area is 144 Å². The standard InChI is InChI=1S/C15H18ClN5OS/c1-10-6-7-13(12(16)8-10)17-14(22)9-23-15-18-19-20-21(15)11-4-2-3-5-11/h6-8,11H,2-5,9H2,1H3,(H,17,22). The number of halogens is 1. The van der Waals surface area contributed by atoms with Crippen LogP contribution in [0.3, 0.4) is 0 Å². The molecule has 0 radical (unpaired) electrons. The molecule has 6 nitrogen and oxygen atoms in total. The lowest BCUT2D eigenvalue weighted by Crippen LogP contribution is -2.15. The number of carbonyl (C=O) groups is 1. The number of hydrogen-bond acceptors (Lipinski definition) is 5. The monoisotopic (exact) mass is 351 g/mol. The predicted molar refractivity (Wildman–Crippen MR) is 90.9 cm³/mol. The third-order valence-corrected chi connectivity index (χ3v) is 5.11. The molecule has 23 heavy (non-hydrogen) atoms. The average molecular weight is 352 g/mol. The fourth-order valence-electron chi connectivity index (χ4n) is 2.70. The Hall–Kier alpha value is -1.60. The third kappa shape index (κ3) is 4.03. The van der Waals surface area contributed by atoms with Gasteiger partial charge >= 0.3 is 0 Å². The van der Waals surface area contributed by atoms with Crippen LogP contribution in [-0.4, -0.2) is 31.9 Å². The molecule has 2 aromatic rings. The summed E-state index contributed by atoms with van der Waals surface area (Å²) in [6.07, 6.45) is 4.62. The Bertz CT molecular complexity index is 699. The average Bonchev–Trinajstić information content (AvgIpc) is 3.18. The maximum atomic E-state index is 12.1. The number of carbonyl (C=O) groups excluding carboxylic acids is 1. The van der Waals surface area contributed by atoms with Gasteiger partial charge in [0.1, 0.15) is 0 Å². The molecule has 1 saturated carbocycles. The van der Waals surface area contributed by atoms with Gasteiger partial charge in [0.15, 0.2) is 0 Å². The summed E-state index contributed by atoms with van der Waals surface area (Å²) in [5.74, 6) is 0.124. The van der Waals surface area contributed by atoms with Gasteiger partial charge in [-0.3, -0.25) is 4.79 Å². The van der Waals surface area contributed by atoms with Crippen LogP contribution < -0.4 is 5.32 Å². The Balaban J connectivity index is 1.58. The minimum absolute atomic E-state index is 0.123. The van der Waals surface area contributed by atoms with Crippen LogP contribution in [0, 0.1) is 6.92 Å². The zero-order chi connectivity index (χ0) is 16.2. The van der Waals surface area contributed by atoms with Crippen molar-refractivity contribution >= 4 is 35.0 Å². The first-order valence-corrected chi connectivity index (χ1v) is 8.96. The lowest BCUT2D eigenvalue weighted by atomic mass is 10.2. The molecule has 1 aliphatic rings. The fourth-order valence-corrected chi connectivity index (χ4v) is 3.72. The van der Waals surface area contributed by atoms with E-state index < -0.39 is 0 Å². The van der Waals surface area contributed by atoms with Crippen molar-refractivity contribution in [2.75, 3.05) is 11.1 Å². The number of aryl methyl sites for hydroxylation is 1. The Kier molecular flexibility index (Phi) is 5.17. The second kappa shape index (κ2) is 7.31. The summed E-state index contributed by atoms with van der Waals surface area (Å²) in [5, 5.41) is 15.9. The highest BCUT2D eigenvalue weighted by atomic mass is 35.5. The number of amides is 1. The minimum atomic E-state index is -0.123. The normalized spacial score (nSPS) is 15.0. The maximum absolute atomic E-state index is 12.1. The van der Waals surface area contributed by atoms with Crippen LogP contribution in [0.25, 0.3) is 0 Å². The van der Waals surface area contributed by atoms with Crippen LogP contribution in [-0.2, 0) is 4.79 Å². The number of aromatic nitrogens is 4. The minimum Gasteiger partial charge on any atom is -0.324 e. The zero-order valence-electron chi connectivity index (χ0n) is 12.8. The second-order valence-electron chi connectivity index (χ2n) is 5.66. The topological polar surface area (TPSA) is 72.7 Å². The molecular formula is C15H18ClN5OS. The van der Waals surface area contributed by atoms with Crippen LogP contribution in [0.2, 0.25) is 5.02 Å². The van der Waals surface area contributed by atoms with Gasteiger partial charge in [-0.05, 0) is 47.9 Å². The first-order valence-electron chi connectivity index (χ1n) is 7.60. The van der Waals surface area contributed by atoms with Crippen molar-refractivity contribution in [3.63, 3.8) is 0 Å². The van der Waals surface area contributed by atoms with E-state index in [-0.39, 0.29) is 11.7 Å². The number of thioether (sulfide) groups is 1. The zero-order valence-corrected chi connectivity index (χ0v) is 14.4. The molecule has 1 fully saturated rings. The van der Waals surface area contributed by atoms with E-state index in [9.17, 15) is 4.79 Å². The Morgan fingerprint density at radius 3 is 2.96 bits per heavy atom. The van der Waals surface area contributed by atoms with Crippen LogP contribution in [0.15, 0.2) is 23.4 Å². The van der Waals surface area contributed by atoms with E-state index in [2.05, 4.69) is 20.8 Å². The number of anilines is 1. The van der Waals surface area contributed by atoms with Crippen molar-refractivity contribution in [2.45, 2.75) is 43.8 Å². The molecule has 0 unspecified atom stereocenters. The third-order valence-electron chi connectivity index (χ3n) is 3.86. The van der Waals surface area contributed by atoms with Gasteiger partial charge in [0.2, 0.25) is 11.1 Å². The van der Waals surface area contributed by atoms with Gasteiger partial charge in [0, 0.05) is 0 Å². The van der Waals surface area contributed by atoms with E-state index in [0.717, 1.165) is 18.4 Å². The molecule has 0 atom stereocenters. The van der Waals surface area contributed by atoms with Crippen molar-refractivity contribution in [1.29, 1.82) is 0 Å². The van der Waals surface area contributed by atoms with Gasteiger partial charge in [-0.1, -0.05) is 42.3 Å². The van der Waals surface area contributed by atoms with Gasteiger partial charge in [-0.15, -0.1) is 5.10 Å². The van der Waals surface area contributed by atoms with E-state index in [0.29, 0.717) is 21.9 Å². The smallest absolute Gasteiger partial charge is 0.234 e. The maximum Gasteiger partial charge on any atom is 0.234 e. The van der Waals surface area contributed by atoms with Crippen LogP contribution in [0.5, 0.6) is 0 Å². The largest absolute Gasteiger partial charge is 0.324 e. The lowest BCUT2D eigenvalue weighted by molar-refractivity contribution is -0.113. The van der Waals surface area contributed by atoms with Crippen LogP contribution in [0.4, 0.5) is 5.69 Å². The molecule has 1 aromatic carbocycles. The first-order chi connectivity index (χ1) is 11.1. The van der Waals surface area contributed by atoms with Crippen molar-refractivity contribution in [1.82, 2.24) is 20.2 Å².